The van der Waals surface area contributed by atoms with E-state index >= 15 is 0 Å². The molecule has 1 fully saturated rings. The molecule has 3 rings (SSSR count). The van der Waals surface area contributed by atoms with Gasteiger partial charge in [-0.25, -0.2) is 0 Å². The molecule has 0 radical (unpaired) electrons. The number of aromatic nitrogens is 2. The molecule has 0 spiro atoms. The van der Waals surface area contributed by atoms with E-state index in [2.05, 4.69) is 26.1 Å². The second kappa shape index (κ2) is 6.26. The first-order valence-electron chi connectivity index (χ1n) is 6.11. The zero-order valence-corrected chi connectivity index (χ0v) is 13.1. The molecule has 2 aromatic heterocycles. The van der Waals surface area contributed by atoms with E-state index in [4.69, 9.17) is 19.4 Å². The fraction of sp³-hybridized carbons (Fsp3) is 0.500. The van der Waals surface area contributed by atoms with Crippen molar-refractivity contribution in [3.63, 3.8) is 0 Å². The molecule has 1 saturated heterocycles. The molecule has 1 aliphatic heterocycles. The monoisotopic (exact) mass is 363 g/mol. The number of nitrogens with two attached hydrogens (primary N) is 1. The van der Waals surface area contributed by atoms with Crippen LogP contribution in [0.3, 0.4) is 0 Å². The van der Waals surface area contributed by atoms with E-state index in [1.165, 1.54) is 0 Å². The highest BCUT2D eigenvalue weighted by Crippen LogP contribution is 2.34. The molecule has 110 valence electrons. The second-order valence-electron chi connectivity index (χ2n) is 4.62. The Hall–Kier alpha value is -0.890. The summed E-state index contributed by atoms with van der Waals surface area (Å²) < 4.78 is 16.8. The van der Waals surface area contributed by atoms with E-state index in [1.807, 2.05) is 0 Å². The summed E-state index contributed by atoms with van der Waals surface area (Å²) in [6.45, 7) is 1.81. The number of ether oxygens (including phenoxy) is 1. The lowest BCUT2D eigenvalue weighted by Crippen LogP contribution is -2.40. The first-order chi connectivity index (χ1) is 9.23. The Morgan fingerprint density at radius 1 is 1.30 bits per heavy atom. The van der Waals surface area contributed by atoms with Gasteiger partial charge in [-0.05, 0) is 40.9 Å². The lowest BCUT2D eigenvalue weighted by molar-refractivity contribution is 0.0409. The van der Waals surface area contributed by atoms with Crippen molar-refractivity contribution >= 4 is 28.3 Å². The van der Waals surface area contributed by atoms with Crippen LogP contribution in [-0.2, 0) is 10.2 Å². The third-order valence-electron chi connectivity index (χ3n) is 3.51. The predicted octanol–water partition coefficient (Wildman–Crippen LogP) is 2.52. The Balaban J connectivity index is 0.00000147. The van der Waals surface area contributed by atoms with Gasteiger partial charge in [0, 0.05) is 19.8 Å². The average molecular weight is 365 g/mol. The minimum atomic E-state index is -0.271. The van der Waals surface area contributed by atoms with Crippen molar-refractivity contribution in [1.29, 1.82) is 0 Å². The van der Waals surface area contributed by atoms with Crippen LogP contribution in [0.2, 0.25) is 0 Å². The lowest BCUT2D eigenvalue weighted by atomic mass is 9.80. The van der Waals surface area contributed by atoms with Gasteiger partial charge >= 0.3 is 0 Å². The molecule has 2 aromatic rings. The zero-order valence-electron chi connectivity index (χ0n) is 10.7. The predicted molar refractivity (Wildman–Crippen MR) is 77.7 cm³/mol. The van der Waals surface area contributed by atoms with Crippen LogP contribution in [0, 0.1) is 0 Å². The van der Waals surface area contributed by atoms with Gasteiger partial charge in [0.2, 0.25) is 11.7 Å². The Bertz CT molecular complexity index is 566. The van der Waals surface area contributed by atoms with Crippen LogP contribution >= 0.6 is 28.3 Å². The van der Waals surface area contributed by atoms with Gasteiger partial charge in [-0.15, -0.1) is 12.4 Å². The number of rotatable bonds is 3. The largest absolute Gasteiger partial charge is 0.446 e. The van der Waals surface area contributed by atoms with Crippen molar-refractivity contribution in [1.82, 2.24) is 10.1 Å². The SMILES string of the molecule is Cl.NCC1(c2nc(-c3ccc(Br)o3)no2)CCOCC1. The van der Waals surface area contributed by atoms with E-state index in [9.17, 15) is 0 Å². The summed E-state index contributed by atoms with van der Waals surface area (Å²) in [5.41, 5.74) is 5.64. The standard InChI is InChI=1S/C12H14BrN3O3.ClH/c13-9-2-1-8(18-9)10-15-11(19-16-10)12(7-14)3-5-17-6-4-12;/h1-2H,3-7,14H2;1H. The highest BCUT2D eigenvalue weighted by Gasteiger charge is 2.38. The quantitative estimate of drug-likeness (QED) is 0.900. The van der Waals surface area contributed by atoms with Gasteiger partial charge in [-0.1, -0.05) is 5.16 Å². The first kappa shape index (κ1) is 15.5. The Morgan fingerprint density at radius 2 is 2.05 bits per heavy atom. The minimum absolute atomic E-state index is 0. The topological polar surface area (TPSA) is 87.3 Å². The summed E-state index contributed by atoms with van der Waals surface area (Å²) in [7, 11) is 0. The van der Waals surface area contributed by atoms with E-state index in [0.717, 1.165) is 12.8 Å². The first-order valence-corrected chi connectivity index (χ1v) is 6.90. The van der Waals surface area contributed by atoms with Gasteiger partial charge in [0.05, 0.1) is 5.41 Å². The van der Waals surface area contributed by atoms with Crippen LogP contribution in [0.1, 0.15) is 18.7 Å². The fourth-order valence-corrected chi connectivity index (χ4v) is 2.55. The Morgan fingerprint density at radius 3 is 2.65 bits per heavy atom. The van der Waals surface area contributed by atoms with Gasteiger partial charge in [-0.3, -0.25) is 0 Å². The van der Waals surface area contributed by atoms with Gasteiger partial charge in [0.15, 0.2) is 10.4 Å². The summed E-state index contributed by atoms with van der Waals surface area (Å²) in [6, 6.07) is 3.58. The van der Waals surface area contributed by atoms with Crippen LogP contribution in [-0.4, -0.2) is 29.9 Å². The summed E-state index contributed by atoms with van der Waals surface area (Å²) in [5.74, 6) is 1.59. The fourth-order valence-electron chi connectivity index (χ4n) is 2.24. The van der Waals surface area contributed by atoms with Crippen LogP contribution in [0.25, 0.3) is 11.6 Å². The molecule has 8 heteroatoms. The molecule has 6 nitrogen and oxygen atoms in total. The highest BCUT2D eigenvalue weighted by atomic mass is 79.9. The molecule has 3 heterocycles. The minimum Gasteiger partial charge on any atom is -0.446 e. The molecular weight excluding hydrogens is 350 g/mol. The molecule has 2 N–H and O–H groups in total. The van der Waals surface area contributed by atoms with Crippen molar-refractivity contribution < 1.29 is 13.7 Å². The van der Waals surface area contributed by atoms with Crippen LogP contribution in [0.15, 0.2) is 25.7 Å². The summed E-state index contributed by atoms with van der Waals surface area (Å²) in [4.78, 5) is 4.43. The van der Waals surface area contributed by atoms with Crippen LogP contribution < -0.4 is 5.73 Å². The molecule has 0 bridgehead atoms. The molecule has 20 heavy (non-hydrogen) atoms. The second-order valence-corrected chi connectivity index (χ2v) is 5.41. The van der Waals surface area contributed by atoms with Gasteiger partial charge in [-0.2, -0.15) is 4.98 Å². The Labute approximate surface area is 130 Å². The smallest absolute Gasteiger partial charge is 0.238 e. The van der Waals surface area contributed by atoms with E-state index in [0.29, 0.717) is 41.9 Å². The highest BCUT2D eigenvalue weighted by molar-refractivity contribution is 9.10. The van der Waals surface area contributed by atoms with Crippen molar-refractivity contribution in [2.45, 2.75) is 18.3 Å². The Kier molecular flexibility index (Phi) is 4.85. The van der Waals surface area contributed by atoms with Crippen molar-refractivity contribution in [2.75, 3.05) is 19.8 Å². The molecule has 0 amide bonds. The molecular formula is C12H15BrClN3O3. The van der Waals surface area contributed by atoms with Crippen LogP contribution in [0.4, 0.5) is 0 Å². The number of nitrogens with zero attached hydrogens (tertiary/aromatic N) is 2. The van der Waals surface area contributed by atoms with E-state index in [-0.39, 0.29) is 17.8 Å². The van der Waals surface area contributed by atoms with Crippen molar-refractivity contribution in [2.24, 2.45) is 5.73 Å². The number of furan rings is 1. The number of hydrogen-bond acceptors (Lipinski definition) is 6. The number of hydrogen-bond donors (Lipinski definition) is 1. The lowest BCUT2D eigenvalue weighted by Gasteiger charge is -2.32. The van der Waals surface area contributed by atoms with Crippen LogP contribution in [0.5, 0.6) is 0 Å². The third-order valence-corrected chi connectivity index (χ3v) is 3.94. The maximum absolute atomic E-state index is 5.91. The molecule has 0 unspecified atom stereocenters. The summed E-state index contributed by atoms with van der Waals surface area (Å²) in [5, 5.41) is 3.97. The van der Waals surface area contributed by atoms with Gasteiger partial charge in [0.1, 0.15) is 0 Å². The summed E-state index contributed by atoms with van der Waals surface area (Å²) in [6.07, 6.45) is 1.60. The van der Waals surface area contributed by atoms with E-state index in [1.54, 1.807) is 12.1 Å². The average Bonchev–Trinajstić information content (AvgIpc) is 3.08. The summed E-state index contributed by atoms with van der Waals surface area (Å²) >= 11 is 3.25. The normalized spacial score (nSPS) is 17.7. The maximum atomic E-state index is 5.91. The maximum Gasteiger partial charge on any atom is 0.238 e. The van der Waals surface area contributed by atoms with E-state index < -0.39 is 0 Å². The zero-order chi connectivity index (χ0) is 13.3. The number of halogens is 2. The third kappa shape index (κ3) is 2.76. The van der Waals surface area contributed by atoms with Crippen molar-refractivity contribution in [3.05, 3.63) is 22.7 Å². The molecule has 0 atom stereocenters. The molecule has 0 aliphatic carbocycles. The molecule has 0 aromatic carbocycles. The van der Waals surface area contributed by atoms with Gasteiger partial charge in [0.25, 0.3) is 0 Å². The van der Waals surface area contributed by atoms with Gasteiger partial charge < -0.3 is 19.4 Å². The molecule has 0 saturated carbocycles. The van der Waals surface area contributed by atoms with Crippen molar-refractivity contribution in [3.8, 4) is 11.6 Å². The molecule has 1 aliphatic rings.